The van der Waals surface area contributed by atoms with E-state index < -0.39 is 5.91 Å². The lowest BCUT2D eigenvalue weighted by Crippen LogP contribution is -2.21. The molecule has 1 amide bonds. The van der Waals surface area contributed by atoms with Gasteiger partial charge in [-0.2, -0.15) is 0 Å². The summed E-state index contributed by atoms with van der Waals surface area (Å²) in [7, 11) is 0. The van der Waals surface area contributed by atoms with E-state index in [9.17, 15) is 9.59 Å². The smallest absolute Gasteiger partial charge is 0.261 e. The zero-order valence-electron chi connectivity index (χ0n) is 9.86. The summed E-state index contributed by atoms with van der Waals surface area (Å²) in [5.74, 6) is -0.474. The van der Waals surface area contributed by atoms with E-state index in [4.69, 9.17) is 5.73 Å². The van der Waals surface area contributed by atoms with Crippen LogP contribution in [0.2, 0.25) is 0 Å². The van der Waals surface area contributed by atoms with Gasteiger partial charge in [-0.3, -0.25) is 9.59 Å². The third-order valence-electron chi connectivity index (χ3n) is 2.61. The minimum absolute atomic E-state index is 0.0557. The molecule has 5 nitrogen and oxygen atoms in total. The van der Waals surface area contributed by atoms with E-state index in [1.807, 2.05) is 13.0 Å². The Hall–Kier alpha value is -2.56. The molecule has 0 spiro atoms. The molecule has 0 radical (unpaired) electrons. The number of pyridine rings is 1. The lowest BCUT2D eigenvalue weighted by Gasteiger charge is -2.10. The topological polar surface area (TPSA) is 88.0 Å². The molecule has 2 rings (SSSR count). The second kappa shape index (κ2) is 4.75. The average molecular weight is 243 g/mol. The van der Waals surface area contributed by atoms with Crippen molar-refractivity contribution < 1.29 is 4.79 Å². The summed E-state index contributed by atoms with van der Waals surface area (Å²) in [6, 6.07) is 6.63. The number of benzene rings is 1. The molecular weight excluding hydrogens is 230 g/mol. The number of aryl methyl sites for hydroxylation is 1. The van der Waals surface area contributed by atoms with Gasteiger partial charge in [-0.05, 0) is 18.6 Å². The van der Waals surface area contributed by atoms with Crippen LogP contribution in [-0.2, 0) is 0 Å². The zero-order chi connectivity index (χ0) is 13.1. The number of hydrogen-bond acceptors (Lipinski definition) is 3. The second-order valence-electron chi connectivity index (χ2n) is 3.92. The van der Waals surface area contributed by atoms with Gasteiger partial charge in [0.2, 0.25) is 0 Å². The molecular formula is C13H13N3O2. The lowest BCUT2D eigenvalue weighted by molar-refractivity contribution is 0.102. The summed E-state index contributed by atoms with van der Waals surface area (Å²) in [5.41, 5.74) is 7.35. The number of anilines is 2. The van der Waals surface area contributed by atoms with Crippen molar-refractivity contribution >= 4 is 17.3 Å². The number of amides is 1. The van der Waals surface area contributed by atoms with Gasteiger partial charge in [0.05, 0.1) is 11.4 Å². The van der Waals surface area contributed by atoms with Gasteiger partial charge in [0, 0.05) is 18.5 Å². The number of aromatic amines is 1. The fourth-order valence-electron chi connectivity index (χ4n) is 1.64. The van der Waals surface area contributed by atoms with Crippen LogP contribution in [0, 0.1) is 6.92 Å². The molecule has 0 bridgehead atoms. The number of nitrogen functional groups attached to an aromatic ring is 1. The van der Waals surface area contributed by atoms with Gasteiger partial charge in [0.25, 0.3) is 5.91 Å². The van der Waals surface area contributed by atoms with Crippen LogP contribution in [0.3, 0.4) is 0 Å². The SMILES string of the molecule is Cc1cccc(N)c1NC(=O)c1c[nH]ccc1=O. The van der Waals surface area contributed by atoms with Gasteiger partial charge in [-0.25, -0.2) is 0 Å². The molecule has 0 atom stereocenters. The molecule has 1 heterocycles. The predicted molar refractivity (Wildman–Crippen MR) is 70.6 cm³/mol. The number of H-pyrrole nitrogens is 1. The first-order chi connectivity index (χ1) is 8.59. The van der Waals surface area contributed by atoms with Crippen LogP contribution in [0.25, 0.3) is 0 Å². The highest BCUT2D eigenvalue weighted by atomic mass is 16.2. The highest BCUT2D eigenvalue weighted by Crippen LogP contribution is 2.22. The number of carbonyl (C=O) groups excluding carboxylic acids is 1. The Kier molecular flexibility index (Phi) is 3.14. The van der Waals surface area contributed by atoms with Crippen LogP contribution in [-0.4, -0.2) is 10.9 Å². The van der Waals surface area contributed by atoms with Gasteiger partial charge in [-0.15, -0.1) is 0 Å². The number of nitrogens with two attached hydrogens (primary N) is 1. The number of hydrogen-bond donors (Lipinski definition) is 3. The molecule has 1 aromatic carbocycles. The fraction of sp³-hybridized carbons (Fsp3) is 0.0769. The van der Waals surface area contributed by atoms with Crippen molar-refractivity contribution in [3.8, 4) is 0 Å². The minimum atomic E-state index is -0.474. The molecule has 0 aliphatic heterocycles. The van der Waals surface area contributed by atoms with Crippen molar-refractivity contribution in [1.29, 1.82) is 0 Å². The number of carbonyl (C=O) groups is 1. The number of rotatable bonds is 2. The quantitative estimate of drug-likeness (QED) is 0.699. The van der Waals surface area contributed by atoms with Crippen molar-refractivity contribution in [2.45, 2.75) is 6.92 Å². The Morgan fingerprint density at radius 3 is 2.78 bits per heavy atom. The highest BCUT2D eigenvalue weighted by molar-refractivity contribution is 6.05. The summed E-state index contributed by atoms with van der Waals surface area (Å²) in [6.45, 7) is 1.83. The number of aromatic nitrogens is 1. The van der Waals surface area contributed by atoms with Crippen LogP contribution in [0.4, 0.5) is 11.4 Å². The lowest BCUT2D eigenvalue weighted by atomic mass is 10.1. The predicted octanol–water partition coefficient (Wildman–Crippen LogP) is 1.52. The van der Waals surface area contributed by atoms with Gasteiger partial charge in [-0.1, -0.05) is 12.1 Å². The Balaban J connectivity index is 2.33. The van der Waals surface area contributed by atoms with E-state index in [-0.39, 0.29) is 11.0 Å². The van der Waals surface area contributed by atoms with Crippen molar-refractivity contribution in [3.63, 3.8) is 0 Å². The van der Waals surface area contributed by atoms with Crippen LogP contribution in [0.15, 0.2) is 41.5 Å². The molecule has 1 aromatic heterocycles. The van der Waals surface area contributed by atoms with Gasteiger partial charge in [0.15, 0.2) is 5.43 Å². The summed E-state index contributed by atoms with van der Waals surface area (Å²) in [4.78, 5) is 26.2. The summed E-state index contributed by atoms with van der Waals surface area (Å²) < 4.78 is 0. The molecule has 92 valence electrons. The molecule has 4 N–H and O–H groups in total. The molecule has 0 aliphatic carbocycles. The first-order valence-corrected chi connectivity index (χ1v) is 5.43. The van der Waals surface area contributed by atoms with E-state index >= 15 is 0 Å². The molecule has 18 heavy (non-hydrogen) atoms. The molecule has 0 saturated heterocycles. The highest BCUT2D eigenvalue weighted by Gasteiger charge is 2.12. The standard InChI is InChI=1S/C13H13N3O2/c1-8-3-2-4-10(14)12(8)16-13(18)9-7-15-6-5-11(9)17/h2-7H,14H2,1H3,(H,15,17)(H,16,18). The number of nitrogens with one attached hydrogen (secondary N) is 2. The van der Waals surface area contributed by atoms with Crippen LogP contribution in [0.5, 0.6) is 0 Å². The van der Waals surface area contributed by atoms with E-state index in [0.717, 1.165) is 5.56 Å². The normalized spacial score (nSPS) is 10.1. The molecule has 5 heteroatoms. The fourth-order valence-corrected chi connectivity index (χ4v) is 1.64. The van der Waals surface area contributed by atoms with E-state index in [1.54, 1.807) is 12.1 Å². The molecule has 0 fully saturated rings. The van der Waals surface area contributed by atoms with Crippen LogP contribution < -0.4 is 16.5 Å². The van der Waals surface area contributed by atoms with E-state index in [1.165, 1.54) is 18.5 Å². The number of para-hydroxylation sites is 1. The molecule has 0 unspecified atom stereocenters. The average Bonchev–Trinajstić information content (AvgIpc) is 2.34. The van der Waals surface area contributed by atoms with E-state index in [0.29, 0.717) is 11.4 Å². The monoisotopic (exact) mass is 243 g/mol. The van der Waals surface area contributed by atoms with Crippen molar-refractivity contribution in [2.75, 3.05) is 11.1 Å². The minimum Gasteiger partial charge on any atom is -0.397 e. The Bertz CT molecular complexity index is 626. The largest absolute Gasteiger partial charge is 0.397 e. The van der Waals surface area contributed by atoms with Gasteiger partial charge < -0.3 is 16.0 Å². The van der Waals surface area contributed by atoms with Crippen LogP contribution >= 0.6 is 0 Å². The zero-order valence-corrected chi connectivity index (χ0v) is 9.86. The summed E-state index contributed by atoms with van der Waals surface area (Å²) in [5, 5.41) is 2.65. The molecule has 0 saturated carbocycles. The second-order valence-corrected chi connectivity index (χ2v) is 3.92. The third-order valence-corrected chi connectivity index (χ3v) is 2.61. The maximum atomic E-state index is 12.0. The van der Waals surface area contributed by atoms with Crippen LogP contribution in [0.1, 0.15) is 15.9 Å². The maximum Gasteiger partial charge on any atom is 0.261 e. The van der Waals surface area contributed by atoms with Crippen molar-refractivity contribution in [2.24, 2.45) is 0 Å². The van der Waals surface area contributed by atoms with E-state index in [2.05, 4.69) is 10.3 Å². The summed E-state index contributed by atoms with van der Waals surface area (Å²) in [6.07, 6.45) is 2.84. The first kappa shape index (κ1) is 11.9. The third kappa shape index (κ3) is 2.24. The maximum absolute atomic E-state index is 12.0. The van der Waals surface area contributed by atoms with Crippen molar-refractivity contribution in [1.82, 2.24) is 4.98 Å². The van der Waals surface area contributed by atoms with Gasteiger partial charge in [0.1, 0.15) is 5.56 Å². The molecule has 0 aliphatic rings. The van der Waals surface area contributed by atoms with Gasteiger partial charge >= 0.3 is 0 Å². The Morgan fingerprint density at radius 1 is 1.33 bits per heavy atom. The Morgan fingerprint density at radius 2 is 2.11 bits per heavy atom. The van der Waals surface area contributed by atoms with Crippen molar-refractivity contribution in [3.05, 3.63) is 58.0 Å². The first-order valence-electron chi connectivity index (χ1n) is 5.43. The molecule has 2 aromatic rings. The Labute approximate surface area is 104 Å². The summed E-state index contributed by atoms with van der Waals surface area (Å²) >= 11 is 0.